The summed E-state index contributed by atoms with van der Waals surface area (Å²) >= 11 is 0. The highest BCUT2D eigenvalue weighted by Gasteiger charge is 2.23. The van der Waals surface area contributed by atoms with Crippen molar-refractivity contribution in [3.05, 3.63) is 47.3 Å². The second-order valence-electron chi connectivity index (χ2n) is 5.20. The third-order valence-electron chi connectivity index (χ3n) is 3.60. The fourth-order valence-electron chi connectivity index (χ4n) is 2.58. The van der Waals surface area contributed by atoms with Crippen LogP contribution in [0.4, 0.5) is 0 Å². The summed E-state index contributed by atoms with van der Waals surface area (Å²) in [6.45, 7) is 2.64. The minimum Gasteiger partial charge on any atom is -0.493 e. The second-order valence-corrected chi connectivity index (χ2v) is 5.20. The molecule has 4 heteroatoms. The fraction of sp³-hybridized carbons (Fsp3) is 0.375. The Labute approximate surface area is 118 Å². The van der Waals surface area contributed by atoms with Gasteiger partial charge in [0.05, 0.1) is 25.1 Å². The van der Waals surface area contributed by atoms with E-state index in [1.54, 1.807) is 7.11 Å². The average molecular weight is 270 g/mol. The monoisotopic (exact) mass is 270 g/mol. The van der Waals surface area contributed by atoms with Gasteiger partial charge in [-0.3, -0.25) is 0 Å². The number of methoxy groups -OCH3 is 1. The number of ether oxygens (including phenoxy) is 2. The van der Waals surface area contributed by atoms with E-state index in [0.717, 1.165) is 35.7 Å². The number of aryl methyl sites for hydroxylation is 1. The van der Waals surface area contributed by atoms with Gasteiger partial charge < -0.3 is 9.47 Å². The van der Waals surface area contributed by atoms with E-state index in [9.17, 15) is 0 Å². The van der Waals surface area contributed by atoms with E-state index in [-0.39, 0.29) is 0 Å². The third kappa shape index (κ3) is 2.59. The summed E-state index contributed by atoms with van der Waals surface area (Å²) in [7, 11) is 1.67. The van der Waals surface area contributed by atoms with E-state index < -0.39 is 0 Å². The van der Waals surface area contributed by atoms with Crippen LogP contribution < -0.4 is 9.47 Å². The summed E-state index contributed by atoms with van der Waals surface area (Å²) < 4.78 is 11.2. The van der Waals surface area contributed by atoms with E-state index in [2.05, 4.69) is 16.3 Å². The summed E-state index contributed by atoms with van der Waals surface area (Å²) in [6, 6.07) is 10.1. The van der Waals surface area contributed by atoms with Gasteiger partial charge in [0.25, 0.3) is 0 Å². The molecule has 1 atom stereocenters. The minimum atomic E-state index is 0.437. The van der Waals surface area contributed by atoms with Crippen molar-refractivity contribution in [3.8, 4) is 11.5 Å². The van der Waals surface area contributed by atoms with E-state index in [4.69, 9.17) is 9.47 Å². The molecule has 0 aliphatic carbocycles. The maximum atomic E-state index is 5.88. The SMILES string of the molecule is COc1cccc2c1OC[C@H](Cc1ccc(C)nn1)C2. The second kappa shape index (κ2) is 5.49. The molecule has 0 N–H and O–H groups in total. The molecule has 0 saturated heterocycles. The molecule has 0 fully saturated rings. The Bertz CT molecular complexity index is 596. The van der Waals surface area contributed by atoms with Gasteiger partial charge in [0, 0.05) is 5.92 Å². The largest absolute Gasteiger partial charge is 0.493 e. The van der Waals surface area contributed by atoms with Gasteiger partial charge in [-0.1, -0.05) is 12.1 Å². The smallest absolute Gasteiger partial charge is 0.164 e. The Balaban J connectivity index is 1.74. The van der Waals surface area contributed by atoms with Crippen LogP contribution in [0.5, 0.6) is 11.5 Å². The van der Waals surface area contributed by atoms with Crippen LogP contribution in [0.15, 0.2) is 30.3 Å². The predicted octanol–water partition coefficient (Wildman–Crippen LogP) is 2.59. The van der Waals surface area contributed by atoms with Crippen molar-refractivity contribution in [2.24, 2.45) is 5.92 Å². The van der Waals surface area contributed by atoms with E-state index in [1.165, 1.54) is 5.56 Å². The van der Waals surface area contributed by atoms with Crippen LogP contribution in [0.1, 0.15) is 17.0 Å². The first-order valence-corrected chi connectivity index (χ1v) is 6.84. The fourth-order valence-corrected chi connectivity index (χ4v) is 2.58. The van der Waals surface area contributed by atoms with Gasteiger partial charge in [0.2, 0.25) is 0 Å². The predicted molar refractivity (Wildman–Crippen MR) is 76.2 cm³/mol. The van der Waals surface area contributed by atoms with Crippen LogP contribution in [0, 0.1) is 12.8 Å². The summed E-state index contributed by atoms with van der Waals surface area (Å²) in [5, 5.41) is 8.34. The normalized spacial score (nSPS) is 17.2. The molecule has 0 unspecified atom stereocenters. The molecule has 104 valence electrons. The number of rotatable bonds is 3. The van der Waals surface area contributed by atoms with E-state index in [1.807, 2.05) is 31.2 Å². The molecule has 2 heterocycles. The zero-order valence-electron chi connectivity index (χ0n) is 11.8. The average Bonchev–Trinajstić information content (AvgIpc) is 2.49. The zero-order valence-corrected chi connectivity index (χ0v) is 11.8. The van der Waals surface area contributed by atoms with Crippen molar-refractivity contribution < 1.29 is 9.47 Å². The molecular formula is C16H18N2O2. The molecule has 1 aliphatic heterocycles. The Morgan fingerprint density at radius 1 is 1.25 bits per heavy atom. The number of hydrogen-bond acceptors (Lipinski definition) is 4. The van der Waals surface area contributed by atoms with Gasteiger partial charge in [-0.15, -0.1) is 0 Å². The lowest BCUT2D eigenvalue weighted by Crippen LogP contribution is -2.23. The molecule has 2 aromatic rings. The molecule has 0 spiro atoms. The molecule has 0 bridgehead atoms. The molecule has 20 heavy (non-hydrogen) atoms. The highest BCUT2D eigenvalue weighted by atomic mass is 16.5. The lowest BCUT2D eigenvalue weighted by molar-refractivity contribution is 0.210. The molecule has 0 amide bonds. The molecule has 1 aromatic heterocycles. The topological polar surface area (TPSA) is 44.2 Å². The van der Waals surface area contributed by atoms with Gasteiger partial charge >= 0.3 is 0 Å². The molecule has 3 rings (SSSR count). The Morgan fingerprint density at radius 2 is 2.15 bits per heavy atom. The Hall–Kier alpha value is -2.10. The summed E-state index contributed by atoms with van der Waals surface area (Å²) in [5.41, 5.74) is 3.18. The standard InChI is InChI=1S/C16H18N2O2/c1-11-6-7-14(18-17-11)9-12-8-13-4-3-5-15(19-2)16(13)20-10-12/h3-7,12H,8-10H2,1-2H3/t12-/m0/s1. The first-order valence-electron chi connectivity index (χ1n) is 6.84. The van der Waals surface area contributed by atoms with Crippen LogP contribution in [0.25, 0.3) is 0 Å². The summed E-state index contributed by atoms with van der Waals surface area (Å²) in [5.74, 6) is 2.14. The van der Waals surface area contributed by atoms with Crippen LogP contribution in [0.2, 0.25) is 0 Å². The molecule has 4 nitrogen and oxygen atoms in total. The van der Waals surface area contributed by atoms with Crippen molar-refractivity contribution in [2.75, 3.05) is 13.7 Å². The van der Waals surface area contributed by atoms with Gasteiger partial charge in [-0.05, 0) is 43.5 Å². The Kier molecular flexibility index (Phi) is 3.54. The van der Waals surface area contributed by atoms with Crippen molar-refractivity contribution >= 4 is 0 Å². The van der Waals surface area contributed by atoms with E-state index in [0.29, 0.717) is 12.5 Å². The maximum Gasteiger partial charge on any atom is 0.164 e. The van der Waals surface area contributed by atoms with Gasteiger partial charge in [0.15, 0.2) is 11.5 Å². The van der Waals surface area contributed by atoms with Crippen LogP contribution in [0.3, 0.4) is 0 Å². The van der Waals surface area contributed by atoms with Gasteiger partial charge in [0.1, 0.15) is 0 Å². The quantitative estimate of drug-likeness (QED) is 0.860. The maximum absolute atomic E-state index is 5.88. The van der Waals surface area contributed by atoms with Crippen molar-refractivity contribution in [1.82, 2.24) is 10.2 Å². The lowest BCUT2D eigenvalue weighted by Gasteiger charge is -2.26. The number of nitrogens with zero attached hydrogens (tertiary/aromatic N) is 2. The molecule has 0 saturated carbocycles. The zero-order chi connectivity index (χ0) is 13.9. The van der Waals surface area contributed by atoms with Crippen molar-refractivity contribution in [1.29, 1.82) is 0 Å². The number of aromatic nitrogens is 2. The Morgan fingerprint density at radius 3 is 2.90 bits per heavy atom. The number of benzene rings is 1. The minimum absolute atomic E-state index is 0.437. The number of fused-ring (bicyclic) bond motifs is 1. The van der Waals surface area contributed by atoms with Gasteiger partial charge in [-0.25, -0.2) is 0 Å². The molecular weight excluding hydrogens is 252 g/mol. The number of hydrogen-bond donors (Lipinski definition) is 0. The molecule has 0 radical (unpaired) electrons. The van der Waals surface area contributed by atoms with Crippen LogP contribution in [-0.2, 0) is 12.8 Å². The third-order valence-corrected chi connectivity index (χ3v) is 3.60. The lowest BCUT2D eigenvalue weighted by atomic mass is 9.92. The molecule has 1 aromatic carbocycles. The van der Waals surface area contributed by atoms with Crippen LogP contribution >= 0.6 is 0 Å². The van der Waals surface area contributed by atoms with Crippen molar-refractivity contribution in [2.45, 2.75) is 19.8 Å². The van der Waals surface area contributed by atoms with Crippen LogP contribution in [-0.4, -0.2) is 23.9 Å². The first kappa shape index (κ1) is 12.9. The summed E-state index contributed by atoms with van der Waals surface area (Å²) in [4.78, 5) is 0. The first-order chi connectivity index (χ1) is 9.76. The highest BCUT2D eigenvalue weighted by Crippen LogP contribution is 2.36. The molecule has 1 aliphatic rings. The van der Waals surface area contributed by atoms with E-state index >= 15 is 0 Å². The number of para-hydroxylation sites is 1. The highest BCUT2D eigenvalue weighted by molar-refractivity contribution is 5.47. The van der Waals surface area contributed by atoms with Crippen molar-refractivity contribution in [3.63, 3.8) is 0 Å². The summed E-state index contributed by atoms with van der Waals surface area (Å²) in [6.07, 6.45) is 1.88. The van der Waals surface area contributed by atoms with Gasteiger partial charge in [-0.2, -0.15) is 10.2 Å².